The van der Waals surface area contributed by atoms with E-state index in [0.29, 0.717) is 17.4 Å². The van der Waals surface area contributed by atoms with Crippen molar-refractivity contribution >= 4 is 0 Å². The van der Waals surface area contributed by atoms with E-state index in [4.69, 9.17) is 9.47 Å². The lowest BCUT2D eigenvalue weighted by atomic mass is 9.77. The number of aryl methyl sites for hydroxylation is 1. The Morgan fingerprint density at radius 3 is 2.21 bits per heavy atom. The van der Waals surface area contributed by atoms with Crippen molar-refractivity contribution in [3.8, 4) is 11.1 Å². The van der Waals surface area contributed by atoms with Crippen LogP contribution >= 0.6 is 0 Å². The predicted molar refractivity (Wildman–Crippen MR) is 138 cm³/mol. The van der Waals surface area contributed by atoms with Crippen molar-refractivity contribution in [2.24, 2.45) is 11.8 Å². The van der Waals surface area contributed by atoms with Gasteiger partial charge in [0, 0.05) is 17.9 Å². The van der Waals surface area contributed by atoms with Gasteiger partial charge >= 0.3 is 0 Å². The second kappa shape index (κ2) is 12.8. The molecule has 0 amide bonds. The zero-order valence-corrected chi connectivity index (χ0v) is 21.2. The minimum absolute atomic E-state index is 0.0969. The molecule has 34 heavy (non-hydrogen) atoms. The summed E-state index contributed by atoms with van der Waals surface area (Å²) in [4.78, 5) is 0. The van der Waals surface area contributed by atoms with Crippen LogP contribution in [0.2, 0.25) is 0 Å². The van der Waals surface area contributed by atoms with Gasteiger partial charge in [-0.15, -0.1) is 0 Å². The molecule has 186 valence electrons. The first-order valence-corrected chi connectivity index (χ1v) is 13.8. The molecule has 1 aliphatic carbocycles. The lowest BCUT2D eigenvalue weighted by Crippen LogP contribution is -2.32. The van der Waals surface area contributed by atoms with E-state index in [1.165, 1.54) is 68.9 Å². The maximum atomic E-state index is 15.0. The second-order valence-corrected chi connectivity index (χ2v) is 10.6. The molecular formula is C31H43FO2. The van der Waals surface area contributed by atoms with Crippen molar-refractivity contribution in [2.45, 2.75) is 96.7 Å². The fourth-order valence-corrected chi connectivity index (χ4v) is 5.66. The highest BCUT2D eigenvalue weighted by atomic mass is 19.1. The van der Waals surface area contributed by atoms with Gasteiger partial charge in [0.2, 0.25) is 0 Å². The van der Waals surface area contributed by atoms with Crippen LogP contribution in [0.4, 0.5) is 4.39 Å². The SMILES string of the molecule is CCCCCC1COC(CCc2ccc(-c3ccc([C@H]4CC[C@H](CC)CC4)cc3F)cc2)OC1. The fourth-order valence-electron chi connectivity index (χ4n) is 5.66. The molecule has 1 saturated carbocycles. The minimum Gasteiger partial charge on any atom is -0.352 e. The molecule has 0 atom stereocenters. The predicted octanol–water partition coefficient (Wildman–Crippen LogP) is 8.68. The summed E-state index contributed by atoms with van der Waals surface area (Å²) < 4.78 is 26.9. The monoisotopic (exact) mass is 466 g/mol. The van der Waals surface area contributed by atoms with Gasteiger partial charge in [-0.1, -0.05) is 75.9 Å². The van der Waals surface area contributed by atoms with Gasteiger partial charge in [-0.2, -0.15) is 0 Å². The van der Waals surface area contributed by atoms with Gasteiger partial charge in [-0.3, -0.25) is 0 Å². The van der Waals surface area contributed by atoms with Gasteiger partial charge < -0.3 is 9.47 Å². The van der Waals surface area contributed by atoms with Gasteiger partial charge in [0.05, 0.1) is 13.2 Å². The molecule has 4 rings (SSSR count). The van der Waals surface area contributed by atoms with Crippen molar-refractivity contribution in [1.82, 2.24) is 0 Å². The zero-order chi connectivity index (χ0) is 23.8. The Balaban J connectivity index is 1.26. The molecule has 1 aliphatic heterocycles. The molecule has 0 N–H and O–H groups in total. The van der Waals surface area contributed by atoms with Crippen molar-refractivity contribution in [1.29, 1.82) is 0 Å². The van der Waals surface area contributed by atoms with E-state index in [9.17, 15) is 0 Å². The standard InChI is InChI=1S/C31H43FO2/c1-3-5-6-7-25-21-33-31(34-22-25)19-12-24-10-15-27(16-11-24)29-18-17-28(20-30(29)32)26-13-8-23(4-2)9-14-26/h10-11,15-18,20,23,25-26,31H,3-9,12-14,19,21-22H2,1-2H3/t23-,25?,26-,31?. The van der Waals surface area contributed by atoms with Crippen LogP contribution in [-0.4, -0.2) is 19.5 Å². The second-order valence-electron chi connectivity index (χ2n) is 10.6. The molecule has 3 heteroatoms. The lowest BCUT2D eigenvalue weighted by Gasteiger charge is -2.29. The molecule has 0 unspecified atom stereocenters. The minimum atomic E-state index is -0.0977. The molecule has 0 spiro atoms. The average molecular weight is 467 g/mol. The van der Waals surface area contributed by atoms with E-state index >= 15 is 4.39 Å². The van der Waals surface area contributed by atoms with Crippen LogP contribution in [0.25, 0.3) is 11.1 Å². The number of benzene rings is 2. The molecule has 2 nitrogen and oxygen atoms in total. The van der Waals surface area contributed by atoms with Gasteiger partial charge in [-0.05, 0) is 73.1 Å². The van der Waals surface area contributed by atoms with Crippen LogP contribution in [0.15, 0.2) is 42.5 Å². The summed E-state index contributed by atoms with van der Waals surface area (Å²) in [5, 5.41) is 0. The van der Waals surface area contributed by atoms with Crippen LogP contribution < -0.4 is 0 Å². The van der Waals surface area contributed by atoms with E-state index in [1.807, 2.05) is 18.2 Å². The van der Waals surface area contributed by atoms with Crippen LogP contribution in [0.1, 0.15) is 95.1 Å². The number of ether oxygens (including phenoxy) is 2. The zero-order valence-electron chi connectivity index (χ0n) is 21.2. The van der Waals surface area contributed by atoms with E-state index in [1.54, 1.807) is 6.07 Å². The third-order valence-corrected chi connectivity index (χ3v) is 8.07. The van der Waals surface area contributed by atoms with Crippen molar-refractivity contribution in [3.63, 3.8) is 0 Å². The fraction of sp³-hybridized carbons (Fsp3) is 0.613. The quantitative estimate of drug-likeness (QED) is 0.326. The van der Waals surface area contributed by atoms with E-state index < -0.39 is 0 Å². The number of hydrogen-bond acceptors (Lipinski definition) is 2. The van der Waals surface area contributed by atoms with Crippen LogP contribution in [0.5, 0.6) is 0 Å². The summed E-state index contributed by atoms with van der Waals surface area (Å²) >= 11 is 0. The van der Waals surface area contributed by atoms with Crippen molar-refractivity contribution in [2.75, 3.05) is 13.2 Å². The molecule has 0 radical (unpaired) electrons. The highest BCUT2D eigenvalue weighted by Crippen LogP contribution is 2.38. The van der Waals surface area contributed by atoms with Crippen LogP contribution in [0.3, 0.4) is 0 Å². The Morgan fingerprint density at radius 2 is 1.56 bits per heavy atom. The smallest absolute Gasteiger partial charge is 0.157 e. The molecule has 2 fully saturated rings. The number of unbranched alkanes of at least 4 members (excludes halogenated alkanes) is 2. The largest absolute Gasteiger partial charge is 0.352 e. The number of halogens is 1. The Labute approximate surface area is 206 Å². The molecule has 0 aromatic heterocycles. The Hall–Kier alpha value is -1.71. The van der Waals surface area contributed by atoms with Gasteiger partial charge in [0.15, 0.2) is 6.29 Å². The molecule has 2 aromatic rings. The number of rotatable bonds is 10. The molecule has 1 saturated heterocycles. The van der Waals surface area contributed by atoms with Gasteiger partial charge in [0.25, 0.3) is 0 Å². The third kappa shape index (κ3) is 6.92. The summed E-state index contributed by atoms with van der Waals surface area (Å²) in [6.45, 7) is 6.17. The number of hydrogen-bond donors (Lipinski definition) is 0. The van der Waals surface area contributed by atoms with E-state index in [0.717, 1.165) is 37.5 Å². The van der Waals surface area contributed by atoms with E-state index in [2.05, 4.69) is 32.0 Å². The van der Waals surface area contributed by atoms with Crippen molar-refractivity contribution in [3.05, 3.63) is 59.4 Å². The Bertz CT molecular complexity index is 862. The summed E-state index contributed by atoms with van der Waals surface area (Å²) in [6.07, 6.45) is 12.9. The first kappa shape index (κ1) is 25.4. The summed E-state index contributed by atoms with van der Waals surface area (Å²) in [5.41, 5.74) is 4.06. The van der Waals surface area contributed by atoms with Gasteiger partial charge in [0.1, 0.15) is 5.82 Å². The average Bonchev–Trinajstić information content (AvgIpc) is 2.89. The molecule has 1 heterocycles. The summed E-state index contributed by atoms with van der Waals surface area (Å²) in [6, 6.07) is 14.2. The maximum absolute atomic E-state index is 15.0. The first-order chi connectivity index (χ1) is 16.7. The van der Waals surface area contributed by atoms with Crippen molar-refractivity contribution < 1.29 is 13.9 Å². The van der Waals surface area contributed by atoms with Gasteiger partial charge in [-0.25, -0.2) is 4.39 Å². The van der Waals surface area contributed by atoms with E-state index in [-0.39, 0.29) is 12.1 Å². The highest BCUT2D eigenvalue weighted by Gasteiger charge is 2.23. The molecule has 2 aromatic carbocycles. The normalized spacial score (nSPS) is 25.4. The Morgan fingerprint density at radius 1 is 0.824 bits per heavy atom. The first-order valence-electron chi connectivity index (χ1n) is 13.8. The highest BCUT2D eigenvalue weighted by molar-refractivity contribution is 5.65. The summed E-state index contributed by atoms with van der Waals surface area (Å²) in [7, 11) is 0. The molecular weight excluding hydrogens is 423 g/mol. The Kier molecular flexibility index (Phi) is 9.58. The lowest BCUT2D eigenvalue weighted by molar-refractivity contribution is -0.203. The van der Waals surface area contributed by atoms with Crippen LogP contribution in [0, 0.1) is 17.7 Å². The summed E-state index contributed by atoms with van der Waals surface area (Å²) in [5.74, 6) is 1.84. The van der Waals surface area contributed by atoms with Crippen LogP contribution in [-0.2, 0) is 15.9 Å². The third-order valence-electron chi connectivity index (χ3n) is 8.07. The topological polar surface area (TPSA) is 18.5 Å². The maximum Gasteiger partial charge on any atom is 0.157 e. The molecule has 2 aliphatic rings. The molecule has 0 bridgehead atoms.